The molecule has 3 aromatic carbocycles. The molecule has 0 atom stereocenters. The summed E-state index contributed by atoms with van der Waals surface area (Å²) in [4.78, 5) is 12.3. The van der Waals surface area contributed by atoms with Crippen LogP contribution in [0.3, 0.4) is 0 Å². The predicted octanol–water partition coefficient (Wildman–Crippen LogP) is 4.36. The highest BCUT2D eigenvalue weighted by Gasteiger charge is 2.33. The number of amides is 1. The molecule has 0 aliphatic carbocycles. The fraction of sp³-hybridized carbons (Fsp3) is 0.130. The van der Waals surface area contributed by atoms with Gasteiger partial charge in [0.2, 0.25) is 0 Å². The third-order valence-electron chi connectivity index (χ3n) is 4.56. The van der Waals surface area contributed by atoms with Gasteiger partial charge in [-0.05, 0) is 42.8 Å². The summed E-state index contributed by atoms with van der Waals surface area (Å²) in [7, 11) is -4.34. The molecule has 0 aliphatic rings. The van der Waals surface area contributed by atoms with E-state index in [1.54, 1.807) is 18.2 Å². The highest BCUT2D eigenvalue weighted by atomic mass is 32.2. The number of nitrogens with zero attached hydrogens (tertiary/aromatic N) is 2. The monoisotopic (exact) mass is 475 g/mol. The van der Waals surface area contributed by atoms with Crippen molar-refractivity contribution in [3.63, 3.8) is 0 Å². The number of rotatable bonds is 7. The minimum atomic E-state index is -4.68. The fourth-order valence-electron chi connectivity index (χ4n) is 2.87. The van der Waals surface area contributed by atoms with E-state index in [0.717, 1.165) is 17.7 Å². The number of aryl methyl sites for hydroxylation is 1. The van der Waals surface area contributed by atoms with Crippen molar-refractivity contribution in [2.75, 3.05) is 10.8 Å². The quantitative estimate of drug-likeness (QED) is 0.407. The maximum atomic E-state index is 13.2. The van der Waals surface area contributed by atoms with Gasteiger partial charge in [-0.1, -0.05) is 54.1 Å². The van der Waals surface area contributed by atoms with Gasteiger partial charge in [-0.25, -0.2) is 13.8 Å². The van der Waals surface area contributed by atoms with Crippen LogP contribution < -0.4 is 9.73 Å². The van der Waals surface area contributed by atoms with Gasteiger partial charge in [0.15, 0.2) is 0 Å². The van der Waals surface area contributed by atoms with Crippen molar-refractivity contribution in [1.29, 1.82) is 0 Å². The van der Waals surface area contributed by atoms with E-state index in [4.69, 9.17) is 0 Å². The molecule has 0 aliphatic heterocycles. The van der Waals surface area contributed by atoms with Crippen LogP contribution in [0.15, 0.2) is 88.9 Å². The molecule has 0 saturated heterocycles. The lowest BCUT2D eigenvalue weighted by molar-refractivity contribution is -0.137. The van der Waals surface area contributed by atoms with Crippen molar-refractivity contribution in [2.45, 2.75) is 18.0 Å². The molecule has 0 unspecified atom stereocenters. The predicted molar refractivity (Wildman–Crippen MR) is 119 cm³/mol. The molecule has 0 aromatic heterocycles. The fourth-order valence-corrected chi connectivity index (χ4v) is 4.30. The Morgan fingerprint density at radius 3 is 2.30 bits per heavy atom. The van der Waals surface area contributed by atoms with E-state index in [9.17, 15) is 26.4 Å². The Bertz CT molecular complexity index is 1240. The molecular weight excluding hydrogens is 455 g/mol. The highest BCUT2D eigenvalue weighted by Crippen LogP contribution is 2.33. The number of hydrazone groups is 1. The zero-order valence-electron chi connectivity index (χ0n) is 17.5. The summed E-state index contributed by atoms with van der Waals surface area (Å²) in [5.74, 6) is -0.824. The topological polar surface area (TPSA) is 78.8 Å². The molecule has 6 nitrogen and oxygen atoms in total. The minimum absolute atomic E-state index is 0.168. The van der Waals surface area contributed by atoms with Crippen LogP contribution in [0.2, 0.25) is 0 Å². The zero-order valence-corrected chi connectivity index (χ0v) is 18.3. The summed E-state index contributed by atoms with van der Waals surface area (Å²) in [5.41, 5.74) is 2.62. The number of nitrogens with one attached hydrogen (secondary N) is 1. The Morgan fingerprint density at radius 2 is 1.67 bits per heavy atom. The normalized spacial score (nSPS) is 12.0. The molecule has 10 heteroatoms. The van der Waals surface area contributed by atoms with Crippen LogP contribution in [-0.4, -0.2) is 27.1 Å². The number of halogens is 3. The average molecular weight is 475 g/mol. The van der Waals surface area contributed by atoms with Crippen LogP contribution in [-0.2, 0) is 21.0 Å². The van der Waals surface area contributed by atoms with Crippen molar-refractivity contribution >= 4 is 27.8 Å². The zero-order chi connectivity index (χ0) is 24.1. The van der Waals surface area contributed by atoms with Crippen LogP contribution in [0.1, 0.15) is 16.7 Å². The SMILES string of the molecule is Cc1ccc(/C=N\NC(=O)CN(c2cccc(C(F)(F)F)c2)S(=O)(=O)c2ccccc2)cc1. The van der Waals surface area contributed by atoms with Crippen LogP contribution >= 0.6 is 0 Å². The second-order valence-corrected chi connectivity index (χ2v) is 8.94. The van der Waals surface area contributed by atoms with Crippen LogP contribution in [0.25, 0.3) is 0 Å². The van der Waals surface area contributed by atoms with E-state index in [0.29, 0.717) is 15.9 Å². The Labute approximate surface area is 189 Å². The van der Waals surface area contributed by atoms with Crippen molar-refractivity contribution in [2.24, 2.45) is 5.10 Å². The lowest BCUT2D eigenvalue weighted by Gasteiger charge is -2.24. The first-order chi connectivity index (χ1) is 15.6. The number of anilines is 1. The number of benzene rings is 3. The second-order valence-electron chi connectivity index (χ2n) is 7.08. The van der Waals surface area contributed by atoms with Gasteiger partial charge in [0, 0.05) is 0 Å². The van der Waals surface area contributed by atoms with Gasteiger partial charge in [-0.2, -0.15) is 18.3 Å². The van der Waals surface area contributed by atoms with Gasteiger partial charge < -0.3 is 0 Å². The Morgan fingerprint density at radius 1 is 1.00 bits per heavy atom. The molecule has 0 fully saturated rings. The summed E-state index contributed by atoms with van der Waals surface area (Å²) in [6.07, 6.45) is -3.31. The molecule has 0 radical (unpaired) electrons. The first-order valence-electron chi connectivity index (χ1n) is 9.71. The summed E-state index contributed by atoms with van der Waals surface area (Å²) in [6.45, 7) is 1.14. The van der Waals surface area contributed by atoms with Crippen molar-refractivity contribution in [1.82, 2.24) is 5.43 Å². The number of hydrogen-bond acceptors (Lipinski definition) is 4. The van der Waals surface area contributed by atoms with E-state index < -0.39 is 34.2 Å². The van der Waals surface area contributed by atoms with Gasteiger partial charge in [-0.15, -0.1) is 0 Å². The number of hydrogen-bond donors (Lipinski definition) is 1. The number of alkyl halides is 3. The molecule has 3 aromatic rings. The largest absolute Gasteiger partial charge is 0.416 e. The molecule has 0 spiro atoms. The van der Waals surface area contributed by atoms with Gasteiger partial charge in [-0.3, -0.25) is 9.10 Å². The Kier molecular flexibility index (Phi) is 7.17. The lowest BCUT2D eigenvalue weighted by atomic mass is 10.2. The molecule has 1 amide bonds. The Balaban J connectivity index is 1.89. The van der Waals surface area contributed by atoms with E-state index in [1.165, 1.54) is 36.5 Å². The van der Waals surface area contributed by atoms with E-state index in [1.807, 2.05) is 19.1 Å². The standard InChI is InChI=1S/C23H20F3N3O3S/c1-17-10-12-18(13-11-17)15-27-28-22(30)16-29(33(31,32)21-8-3-2-4-9-21)20-7-5-6-19(14-20)23(24,25)26/h2-15H,16H2,1H3,(H,28,30)/b27-15-. The minimum Gasteiger partial charge on any atom is -0.271 e. The third-order valence-corrected chi connectivity index (χ3v) is 6.35. The van der Waals surface area contributed by atoms with Crippen LogP contribution in [0.5, 0.6) is 0 Å². The van der Waals surface area contributed by atoms with Crippen LogP contribution in [0, 0.1) is 6.92 Å². The van der Waals surface area contributed by atoms with Gasteiger partial charge >= 0.3 is 6.18 Å². The first kappa shape index (κ1) is 24.0. The summed E-state index contributed by atoms with van der Waals surface area (Å²) < 4.78 is 66.6. The van der Waals surface area contributed by atoms with Gasteiger partial charge in [0.05, 0.1) is 22.4 Å². The smallest absolute Gasteiger partial charge is 0.271 e. The number of sulfonamides is 1. The van der Waals surface area contributed by atoms with E-state index in [-0.39, 0.29) is 10.6 Å². The Hall–Kier alpha value is -3.66. The highest BCUT2D eigenvalue weighted by molar-refractivity contribution is 7.92. The van der Waals surface area contributed by atoms with E-state index in [2.05, 4.69) is 10.5 Å². The molecule has 1 N–H and O–H groups in total. The first-order valence-corrected chi connectivity index (χ1v) is 11.1. The lowest BCUT2D eigenvalue weighted by Crippen LogP contribution is -2.39. The third kappa shape index (κ3) is 6.19. The van der Waals surface area contributed by atoms with E-state index >= 15 is 0 Å². The summed E-state index contributed by atoms with van der Waals surface area (Å²) in [5, 5.41) is 3.80. The summed E-state index contributed by atoms with van der Waals surface area (Å²) in [6, 6.07) is 18.2. The number of carbonyl (C=O) groups excluding carboxylic acids is 1. The molecule has 0 bridgehead atoms. The molecule has 3 rings (SSSR count). The maximum Gasteiger partial charge on any atom is 0.416 e. The van der Waals surface area contributed by atoms with Gasteiger partial charge in [0.1, 0.15) is 6.54 Å². The number of carbonyl (C=O) groups is 1. The van der Waals surface area contributed by atoms with Gasteiger partial charge in [0.25, 0.3) is 15.9 Å². The molecule has 0 saturated carbocycles. The van der Waals surface area contributed by atoms with Crippen molar-refractivity contribution in [3.8, 4) is 0 Å². The van der Waals surface area contributed by atoms with Crippen molar-refractivity contribution < 1.29 is 26.4 Å². The molecule has 172 valence electrons. The maximum absolute atomic E-state index is 13.2. The van der Waals surface area contributed by atoms with Crippen molar-refractivity contribution in [3.05, 3.63) is 95.6 Å². The average Bonchev–Trinajstić information content (AvgIpc) is 2.79. The molecular formula is C23H20F3N3O3S. The summed E-state index contributed by atoms with van der Waals surface area (Å²) >= 11 is 0. The molecule has 0 heterocycles. The molecule has 33 heavy (non-hydrogen) atoms. The van der Waals surface area contributed by atoms with Crippen LogP contribution in [0.4, 0.5) is 18.9 Å². The second kappa shape index (κ2) is 9.86.